The highest BCUT2D eigenvalue weighted by molar-refractivity contribution is 5.77. The Labute approximate surface area is 125 Å². The van der Waals surface area contributed by atoms with E-state index in [9.17, 15) is 14.7 Å². The van der Waals surface area contributed by atoms with Crippen LogP contribution in [-0.4, -0.2) is 54.4 Å². The highest BCUT2D eigenvalue weighted by atomic mass is 16.5. The van der Waals surface area contributed by atoms with Crippen LogP contribution in [0.15, 0.2) is 0 Å². The van der Waals surface area contributed by atoms with Gasteiger partial charge >= 0.3 is 12.0 Å². The molecule has 2 heterocycles. The second kappa shape index (κ2) is 7.11. The summed E-state index contributed by atoms with van der Waals surface area (Å²) < 4.78 is 5.28. The lowest BCUT2D eigenvalue weighted by Gasteiger charge is -2.39. The van der Waals surface area contributed by atoms with E-state index in [1.807, 2.05) is 6.92 Å². The van der Waals surface area contributed by atoms with Gasteiger partial charge in [-0.3, -0.25) is 4.79 Å². The normalized spacial score (nSPS) is 22.8. The van der Waals surface area contributed by atoms with Crippen LogP contribution in [0.25, 0.3) is 0 Å². The van der Waals surface area contributed by atoms with Gasteiger partial charge in [-0.15, -0.1) is 0 Å². The highest BCUT2D eigenvalue weighted by Crippen LogP contribution is 2.36. The van der Waals surface area contributed by atoms with E-state index in [-0.39, 0.29) is 12.1 Å². The Morgan fingerprint density at radius 1 is 1.29 bits per heavy atom. The van der Waals surface area contributed by atoms with Crippen molar-refractivity contribution in [2.24, 2.45) is 5.41 Å². The minimum Gasteiger partial charge on any atom is -0.481 e. The highest BCUT2D eigenvalue weighted by Gasteiger charge is 2.41. The molecule has 21 heavy (non-hydrogen) atoms. The molecule has 6 nitrogen and oxygen atoms in total. The van der Waals surface area contributed by atoms with Crippen molar-refractivity contribution in [2.45, 2.75) is 51.5 Å². The van der Waals surface area contributed by atoms with Gasteiger partial charge in [-0.2, -0.15) is 0 Å². The summed E-state index contributed by atoms with van der Waals surface area (Å²) in [6.07, 6.45) is 4.37. The third kappa shape index (κ3) is 3.87. The molecule has 2 N–H and O–H groups in total. The molecule has 2 fully saturated rings. The van der Waals surface area contributed by atoms with Gasteiger partial charge in [0, 0.05) is 32.3 Å². The fourth-order valence-corrected chi connectivity index (χ4v) is 3.30. The maximum absolute atomic E-state index is 12.2. The van der Waals surface area contributed by atoms with Gasteiger partial charge in [-0.1, -0.05) is 13.3 Å². The van der Waals surface area contributed by atoms with E-state index in [1.54, 1.807) is 4.90 Å². The number of urea groups is 1. The predicted octanol–water partition coefficient (Wildman–Crippen LogP) is 1.84. The van der Waals surface area contributed by atoms with Crippen LogP contribution in [0, 0.1) is 5.41 Å². The molecule has 0 radical (unpaired) electrons. The number of piperidine rings is 1. The van der Waals surface area contributed by atoms with Gasteiger partial charge < -0.3 is 20.1 Å². The fraction of sp³-hybridized carbons (Fsp3) is 0.867. The second-order valence-corrected chi connectivity index (χ2v) is 6.16. The smallest absolute Gasteiger partial charge is 0.317 e. The second-order valence-electron chi connectivity index (χ2n) is 6.16. The van der Waals surface area contributed by atoms with Gasteiger partial charge in [0.1, 0.15) is 0 Å². The molecule has 0 saturated carbocycles. The lowest BCUT2D eigenvalue weighted by Crippen LogP contribution is -2.52. The van der Waals surface area contributed by atoms with Crippen LogP contribution < -0.4 is 5.32 Å². The van der Waals surface area contributed by atoms with Crippen molar-refractivity contribution in [1.29, 1.82) is 0 Å². The Bertz CT molecular complexity index is 372. The zero-order valence-corrected chi connectivity index (χ0v) is 12.8. The van der Waals surface area contributed by atoms with Crippen molar-refractivity contribution < 1.29 is 19.4 Å². The van der Waals surface area contributed by atoms with Crippen LogP contribution in [-0.2, 0) is 9.53 Å². The molecule has 120 valence electrons. The molecule has 0 unspecified atom stereocenters. The van der Waals surface area contributed by atoms with Crippen LogP contribution in [0.2, 0.25) is 0 Å². The zero-order chi connectivity index (χ0) is 15.3. The molecule has 0 atom stereocenters. The first kappa shape index (κ1) is 16.1. The average Bonchev–Trinajstić information content (AvgIpc) is 2.49. The number of hydrogen-bond acceptors (Lipinski definition) is 3. The molecule has 2 amide bonds. The number of nitrogens with one attached hydrogen (secondary N) is 1. The number of amides is 2. The Hall–Kier alpha value is -1.30. The van der Waals surface area contributed by atoms with Gasteiger partial charge in [-0.05, 0) is 32.1 Å². The number of likely N-dealkylation sites (tertiary alicyclic amines) is 1. The Balaban J connectivity index is 1.84. The Morgan fingerprint density at radius 2 is 1.90 bits per heavy atom. The Kier molecular flexibility index (Phi) is 5.45. The van der Waals surface area contributed by atoms with Crippen molar-refractivity contribution in [3.8, 4) is 0 Å². The summed E-state index contributed by atoms with van der Waals surface area (Å²) >= 11 is 0. The molecule has 2 saturated heterocycles. The standard InChI is InChI=1S/C15H26N2O4/c1-2-5-15(13(18)19)6-8-17(9-7-15)14(20)16-12-3-10-21-11-4-12/h12H,2-11H2,1H3,(H,16,20)(H,18,19). The molecule has 2 rings (SSSR count). The zero-order valence-electron chi connectivity index (χ0n) is 12.8. The van der Waals surface area contributed by atoms with E-state index >= 15 is 0 Å². The fourth-order valence-electron chi connectivity index (χ4n) is 3.30. The summed E-state index contributed by atoms with van der Waals surface area (Å²) in [4.78, 5) is 25.5. The summed E-state index contributed by atoms with van der Waals surface area (Å²) in [7, 11) is 0. The monoisotopic (exact) mass is 298 g/mol. The summed E-state index contributed by atoms with van der Waals surface area (Å²) in [5.74, 6) is -0.714. The van der Waals surface area contributed by atoms with E-state index in [2.05, 4.69) is 5.32 Å². The van der Waals surface area contributed by atoms with Gasteiger partial charge in [-0.25, -0.2) is 4.79 Å². The molecule has 2 aliphatic heterocycles. The van der Waals surface area contributed by atoms with Gasteiger partial charge in [0.2, 0.25) is 0 Å². The lowest BCUT2D eigenvalue weighted by atomic mass is 9.75. The molecule has 0 spiro atoms. The number of nitrogens with zero attached hydrogens (tertiary/aromatic N) is 1. The first-order chi connectivity index (χ1) is 10.1. The number of carboxylic acid groups (broad SMARTS) is 1. The van der Waals surface area contributed by atoms with Crippen molar-refractivity contribution >= 4 is 12.0 Å². The van der Waals surface area contributed by atoms with Crippen LogP contribution in [0.5, 0.6) is 0 Å². The van der Waals surface area contributed by atoms with E-state index in [1.165, 1.54) is 0 Å². The van der Waals surface area contributed by atoms with E-state index in [0.29, 0.717) is 45.6 Å². The molecule has 0 aromatic heterocycles. The molecular weight excluding hydrogens is 272 g/mol. The van der Waals surface area contributed by atoms with Crippen molar-refractivity contribution in [1.82, 2.24) is 10.2 Å². The molecule has 0 aromatic rings. The van der Waals surface area contributed by atoms with Gasteiger partial charge in [0.15, 0.2) is 0 Å². The largest absolute Gasteiger partial charge is 0.481 e. The molecule has 0 aromatic carbocycles. The van der Waals surface area contributed by atoms with Crippen LogP contribution in [0.4, 0.5) is 4.79 Å². The van der Waals surface area contributed by atoms with E-state index in [0.717, 1.165) is 19.3 Å². The number of carbonyl (C=O) groups excluding carboxylic acids is 1. The molecular formula is C15H26N2O4. The quantitative estimate of drug-likeness (QED) is 0.830. The number of aliphatic carboxylic acids is 1. The molecule has 0 aliphatic carbocycles. The number of rotatable bonds is 4. The third-order valence-electron chi connectivity index (χ3n) is 4.74. The minimum absolute atomic E-state index is 0.0580. The predicted molar refractivity (Wildman–Crippen MR) is 78.2 cm³/mol. The van der Waals surface area contributed by atoms with Gasteiger partial charge in [0.25, 0.3) is 0 Å². The minimum atomic E-state index is -0.714. The summed E-state index contributed by atoms with van der Waals surface area (Å²) in [5, 5.41) is 12.5. The molecule has 6 heteroatoms. The van der Waals surface area contributed by atoms with Crippen LogP contribution in [0.3, 0.4) is 0 Å². The molecule has 0 bridgehead atoms. The lowest BCUT2D eigenvalue weighted by molar-refractivity contribution is -0.152. The third-order valence-corrected chi connectivity index (χ3v) is 4.74. The van der Waals surface area contributed by atoms with E-state index in [4.69, 9.17) is 4.74 Å². The number of ether oxygens (including phenoxy) is 1. The first-order valence-corrected chi connectivity index (χ1v) is 7.94. The first-order valence-electron chi connectivity index (χ1n) is 7.94. The van der Waals surface area contributed by atoms with Crippen LogP contribution >= 0.6 is 0 Å². The summed E-state index contributed by atoms with van der Waals surface area (Å²) in [6, 6.07) is 0.130. The number of carbonyl (C=O) groups is 2. The van der Waals surface area contributed by atoms with Crippen LogP contribution in [0.1, 0.15) is 45.4 Å². The summed E-state index contributed by atoms with van der Waals surface area (Å²) in [6.45, 7) is 4.46. The van der Waals surface area contributed by atoms with Crippen molar-refractivity contribution in [2.75, 3.05) is 26.3 Å². The topological polar surface area (TPSA) is 78.9 Å². The number of carboxylic acids is 1. The summed E-state index contributed by atoms with van der Waals surface area (Å²) in [5.41, 5.74) is -0.635. The van der Waals surface area contributed by atoms with Gasteiger partial charge in [0.05, 0.1) is 5.41 Å². The van der Waals surface area contributed by atoms with E-state index < -0.39 is 11.4 Å². The SMILES string of the molecule is CCCC1(C(=O)O)CCN(C(=O)NC2CCOCC2)CC1. The average molecular weight is 298 g/mol. The number of hydrogen-bond donors (Lipinski definition) is 2. The maximum Gasteiger partial charge on any atom is 0.317 e. The Morgan fingerprint density at radius 3 is 2.43 bits per heavy atom. The van der Waals surface area contributed by atoms with Crippen molar-refractivity contribution in [3.63, 3.8) is 0 Å². The van der Waals surface area contributed by atoms with Crippen molar-refractivity contribution in [3.05, 3.63) is 0 Å². The maximum atomic E-state index is 12.2. The molecule has 2 aliphatic rings.